The second-order valence-electron chi connectivity index (χ2n) is 14.1. The van der Waals surface area contributed by atoms with Crippen LogP contribution in [-0.4, -0.2) is 39.3 Å². The Bertz CT molecular complexity index is 670. The second-order valence-corrected chi connectivity index (χ2v) is 18.8. The van der Waals surface area contributed by atoms with E-state index >= 15 is 0 Å². The monoisotopic (exact) mass is 464 g/mol. The van der Waals surface area contributed by atoms with Gasteiger partial charge in [-0.05, 0) is 123 Å². The second kappa shape index (κ2) is 8.64. The van der Waals surface area contributed by atoms with Gasteiger partial charge in [0.05, 0.1) is 12.7 Å². The summed E-state index contributed by atoms with van der Waals surface area (Å²) in [5.74, 6) is 3.70. The molecule has 0 aromatic rings. The van der Waals surface area contributed by atoms with Gasteiger partial charge >= 0.3 is 0 Å². The van der Waals surface area contributed by atoms with Crippen LogP contribution in [0, 0.1) is 40.4 Å². The zero-order chi connectivity index (χ0) is 23.5. The molecular weight excluding hydrogens is 412 g/mol. The Balaban J connectivity index is 1.54. The maximum absolute atomic E-state index is 10.5. The van der Waals surface area contributed by atoms with Crippen molar-refractivity contribution in [1.82, 2.24) is 0 Å². The topological polar surface area (TPSA) is 38.7 Å². The minimum absolute atomic E-state index is 0.159. The molecule has 0 heterocycles. The molecule has 1 N–H and O–H groups in total. The van der Waals surface area contributed by atoms with Crippen LogP contribution >= 0.6 is 0 Å². The van der Waals surface area contributed by atoms with E-state index in [1.807, 2.05) is 14.0 Å². The van der Waals surface area contributed by atoms with Crippen LogP contribution in [0.1, 0.15) is 92.4 Å². The summed E-state index contributed by atoms with van der Waals surface area (Å²) in [6.45, 7) is 17.4. The zero-order valence-corrected chi connectivity index (χ0v) is 23.4. The quantitative estimate of drug-likeness (QED) is 0.443. The van der Waals surface area contributed by atoms with Crippen LogP contribution in [0.5, 0.6) is 0 Å². The van der Waals surface area contributed by atoms with Gasteiger partial charge < -0.3 is 14.3 Å². The molecule has 0 aromatic heterocycles. The van der Waals surface area contributed by atoms with E-state index in [2.05, 4.69) is 40.8 Å². The summed E-state index contributed by atoms with van der Waals surface area (Å²) >= 11 is 0. The Kier molecular flexibility index (Phi) is 6.80. The van der Waals surface area contributed by atoms with E-state index < -0.39 is 8.32 Å². The van der Waals surface area contributed by atoms with E-state index in [0.29, 0.717) is 22.9 Å². The lowest BCUT2D eigenvalue weighted by atomic mass is 9.44. The lowest BCUT2D eigenvalue weighted by Gasteiger charge is -2.62. The molecule has 0 radical (unpaired) electrons. The third-order valence-corrected chi connectivity index (χ3v) is 16.2. The largest absolute Gasteiger partial charge is 0.414 e. The van der Waals surface area contributed by atoms with E-state index in [0.717, 1.165) is 30.3 Å². The van der Waals surface area contributed by atoms with Gasteiger partial charge in [-0.25, -0.2) is 0 Å². The molecule has 32 heavy (non-hydrogen) atoms. The summed E-state index contributed by atoms with van der Waals surface area (Å²) < 4.78 is 13.0. The fourth-order valence-corrected chi connectivity index (χ4v) is 10.5. The first-order valence-corrected chi connectivity index (χ1v) is 16.6. The molecule has 0 saturated heterocycles. The fraction of sp³-hybridized carbons (Fsp3) is 1.00. The molecule has 4 fully saturated rings. The SMILES string of the molecule is COC[C@]12CCC(O[Si](C)(C)C(C)(C)C)C[C@@H]1CC[C@H]1[C@@H]3CC[C@H](C(C)O)[C@@]3(C)CC[C@@H]12. The summed E-state index contributed by atoms with van der Waals surface area (Å²) in [4.78, 5) is 0. The molecule has 4 aliphatic carbocycles. The highest BCUT2D eigenvalue weighted by Crippen LogP contribution is 2.68. The molecule has 9 atom stereocenters. The standard InChI is InChI=1S/C28H52O3Si/c1-19(29)23-11-12-24-22-10-9-20-17-21(31-32(7,8)26(2,3)4)13-16-28(20,18-30-6)25(22)14-15-27(23,24)5/h19-25,29H,9-18H2,1-8H3/t19?,20-,21?,22-,23+,24-,25-,27+,28+/m0/s1. The highest BCUT2D eigenvalue weighted by atomic mass is 28.4. The minimum atomic E-state index is -1.73. The van der Waals surface area contributed by atoms with Crippen molar-refractivity contribution in [3.05, 3.63) is 0 Å². The van der Waals surface area contributed by atoms with Gasteiger partial charge in [-0.1, -0.05) is 27.7 Å². The van der Waals surface area contributed by atoms with E-state index in [-0.39, 0.29) is 11.1 Å². The number of aliphatic hydroxyl groups is 1. The van der Waals surface area contributed by atoms with Gasteiger partial charge in [-0.3, -0.25) is 0 Å². The summed E-state index contributed by atoms with van der Waals surface area (Å²) in [6.07, 6.45) is 12.0. The van der Waals surface area contributed by atoms with Crippen LogP contribution in [-0.2, 0) is 9.16 Å². The van der Waals surface area contributed by atoms with Crippen molar-refractivity contribution in [1.29, 1.82) is 0 Å². The van der Waals surface area contributed by atoms with Crippen LogP contribution in [0.25, 0.3) is 0 Å². The molecule has 0 spiro atoms. The van der Waals surface area contributed by atoms with Gasteiger partial charge in [0.2, 0.25) is 0 Å². The maximum atomic E-state index is 10.5. The summed E-state index contributed by atoms with van der Waals surface area (Å²) in [5, 5.41) is 10.8. The lowest BCUT2D eigenvalue weighted by molar-refractivity contribution is -0.160. The predicted molar refractivity (Wildman–Crippen MR) is 135 cm³/mol. The fourth-order valence-electron chi connectivity index (χ4n) is 9.09. The Morgan fingerprint density at radius 3 is 2.34 bits per heavy atom. The number of ether oxygens (including phenoxy) is 1. The van der Waals surface area contributed by atoms with Crippen molar-refractivity contribution >= 4 is 8.32 Å². The summed E-state index contributed by atoms with van der Waals surface area (Å²) in [7, 11) is 0.203. The average molecular weight is 465 g/mol. The molecule has 0 bridgehead atoms. The van der Waals surface area contributed by atoms with Crippen LogP contribution < -0.4 is 0 Å². The van der Waals surface area contributed by atoms with E-state index in [1.165, 1.54) is 57.8 Å². The van der Waals surface area contributed by atoms with Crippen LogP contribution in [0.15, 0.2) is 0 Å². The van der Waals surface area contributed by atoms with Gasteiger partial charge in [-0.2, -0.15) is 0 Å². The molecular formula is C28H52O3Si. The molecule has 186 valence electrons. The highest BCUT2D eigenvalue weighted by Gasteiger charge is 2.62. The summed E-state index contributed by atoms with van der Waals surface area (Å²) in [5.41, 5.74) is 0.703. The van der Waals surface area contributed by atoms with Gasteiger partial charge in [0.1, 0.15) is 0 Å². The molecule has 4 rings (SSSR count). The number of rotatable bonds is 5. The van der Waals surface area contributed by atoms with E-state index in [1.54, 1.807) is 0 Å². The first-order valence-electron chi connectivity index (χ1n) is 13.7. The van der Waals surface area contributed by atoms with Gasteiger partial charge in [-0.15, -0.1) is 0 Å². The van der Waals surface area contributed by atoms with Crippen LogP contribution in [0.3, 0.4) is 0 Å². The van der Waals surface area contributed by atoms with Crippen molar-refractivity contribution < 1.29 is 14.3 Å². The summed E-state index contributed by atoms with van der Waals surface area (Å²) in [6, 6.07) is 0. The van der Waals surface area contributed by atoms with E-state index in [4.69, 9.17) is 9.16 Å². The molecule has 2 unspecified atom stereocenters. The molecule has 0 amide bonds. The molecule has 0 aliphatic heterocycles. The zero-order valence-electron chi connectivity index (χ0n) is 22.4. The van der Waals surface area contributed by atoms with E-state index in [9.17, 15) is 5.11 Å². The normalized spacial score (nSPS) is 45.7. The smallest absolute Gasteiger partial charge is 0.192 e. The van der Waals surface area contributed by atoms with Gasteiger partial charge in [0.25, 0.3) is 0 Å². The lowest BCUT2D eigenvalue weighted by Crippen LogP contribution is -2.58. The molecule has 3 nitrogen and oxygen atoms in total. The number of hydrogen-bond donors (Lipinski definition) is 1. The van der Waals surface area contributed by atoms with Crippen molar-refractivity contribution in [2.24, 2.45) is 40.4 Å². The Morgan fingerprint density at radius 1 is 1.00 bits per heavy atom. The van der Waals surface area contributed by atoms with Crippen molar-refractivity contribution in [2.45, 2.75) is 123 Å². The number of fused-ring (bicyclic) bond motifs is 5. The van der Waals surface area contributed by atoms with Crippen LogP contribution in [0.2, 0.25) is 18.1 Å². The van der Waals surface area contributed by atoms with Crippen LogP contribution in [0.4, 0.5) is 0 Å². The maximum Gasteiger partial charge on any atom is 0.192 e. The molecule has 0 aromatic carbocycles. The van der Waals surface area contributed by atoms with Crippen molar-refractivity contribution in [2.75, 3.05) is 13.7 Å². The third-order valence-electron chi connectivity index (χ3n) is 11.7. The Morgan fingerprint density at radius 2 is 1.72 bits per heavy atom. The van der Waals surface area contributed by atoms with Crippen molar-refractivity contribution in [3.8, 4) is 0 Å². The Labute approximate surface area is 199 Å². The number of aliphatic hydroxyl groups excluding tert-OH is 1. The highest BCUT2D eigenvalue weighted by molar-refractivity contribution is 6.74. The van der Waals surface area contributed by atoms with Crippen molar-refractivity contribution in [3.63, 3.8) is 0 Å². The predicted octanol–water partition coefficient (Wildman–Crippen LogP) is 7.04. The molecule has 4 saturated carbocycles. The minimum Gasteiger partial charge on any atom is -0.414 e. The number of methoxy groups -OCH3 is 1. The first-order chi connectivity index (χ1) is 14.9. The first kappa shape index (κ1) is 25.2. The molecule has 4 heteroatoms. The Hall–Kier alpha value is 0.0969. The third kappa shape index (κ3) is 3.97. The van der Waals surface area contributed by atoms with Gasteiger partial charge in [0.15, 0.2) is 8.32 Å². The number of hydrogen-bond acceptors (Lipinski definition) is 3. The average Bonchev–Trinajstić information content (AvgIpc) is 3.04. The van der Waals surface area contributed by atoms with Gasteiger partial charge in [0, 0.05) is 13.2 Å². The molecule has 4 aliphatic rings.